The van der Waals surface area contributed by atoms with Crippen molar-refractivity contribution in [2.45, 2.75) is 150 Å². The average Bonchev–Trinajstić information content (AvgIpc) is 0.908. The summed E-state index contributed by atoms with van der Waals surface area (Å²) in [5.74, 6) is -1.26. The molecular weight excluding hydrogens is 1610 g/mol. The number of ether oxygens (including phenoxy) is 1. The van der Waals surface area contributed by atoms with E-state index in [0.717, 1.165) is 127 Å². The molecule has 0 bridgehead atoms. The van der Waals surface area contributed by atoms with Gasteiger partial charge >= 0.3 is 5.51 Å². The fraction of sp³-hybridized carbons (Fsp3) is 0.477. The number of allylic oxidation sites excluding steroid dienone is 1. The molecule has 3 unspecified atom stereocenters. The van der Waals surface area contributed by atoms with Crippen LogP contribution in [0.3, 0.4) is 0 Å². The molecule has 32 heteroatoms. The van der Waals surface area contributed by atoms with E-state index in [1.807, 2.05) is 118 Å². The molecule has 634 valence electrons. The molecule has 5 aliphatic rings. The highest BCUT2D eigenvalue weighted by Crippen LogP contribution is 2.45. The van der Waals surface area contributed by atoms with Crippen molar-refractivity contribution in [2.75, 3.05) is 132 Å². The normalized spacial score (nSPS) is 19.6. The Balaban J connectivity index is 0.577. The molecule has 4 aliphatic heterocycles. The van der Waals surface area contributed by atoms with Crippen LogP contribution in [-0.2, 0) is 39.0 Å². The zero-order chi connectivity index (χ0) is 84.1. The highest BCUT2D eigenvalue weighted by molar-refractivity contribution is 7.99. The number of sulfonamides is 1. The Morgan fingerprint density at radius 1 is 0.754 bits per heavy atom. The molecule has 24 nitrogen and oxygen atoms in total. The van der Waals surface area contributed by atoms with E-state index in [1.165, 1.54) is 39.9 Å². The number of rotatable bonds is 32. The van der Waals surface area contributed by atoms with E-state index < -0.39 is 82.3 Å². The molecule has 6 N–H and O–H groups in total. The van der Waals surface area contributed by atoms with Crippen molar-refractivity contribution >= 4 is 107 Å². The summed E-state index contributed by atoms with van der Waals surface area (Å²) in [7, 11) is -11.0. The molecule has 2 aromatic heterocycles. The van der Waals surface area contributed by atoms with Crippen molar-refractivity contribution in [1.29, 1.82) is 0 Å². The maximum absolute atomic E-state index is 14.4. The number of benzene rings is 5. The summed E-state index contributed by atoms with van der Waals surface area (Å²) in [6, 6.07) is 35.0. The number of anilines is 3. The number of hydrogen-bond acceptors (Lipinski definition) is 21. The molecular formula is C86H107ClF3N13O11S4. The number of carbonyl (C=O) groups excluding carboxylic acids is 5. The van der Waals surface area contributed by atoms with Gasteiger partial charge in [-0.2, -0.15) is 13.2 Å². The molecule has 5 aromatic carbocycles. The van der Waals surface area contributed by atoms with E-state index in [1.54, 1.807) is 35.7 Å². The number of nitrogens with zero attached hydrogens (tertiary/aromatic N) is 8. The predicted molar refractivity (Wildman–Crippen MR) is 456 cm³/mol. The first-order valence-electron chi connectivity index (χ1n) is 40.4. The van der Waals surface area contributed by atoms with Crippen LogP contribution in [0, 0.1) is 17.8 Å². The van der Waals surface area contributed by atoms with Crippen LogP contribution in [0.15, 0.2) is 165 Å². The Kier molecular flexibility index (Phi) is 29.6. The summed E-state index contributed by atoms with van der Waals surface area (Å²) in [4.78, 5) is 90.5. The number of amides is 5. The number of likely N-dealkylation sites (tertiary alicyclic amines) is 1. The summed E-state index contributed by atoms with van der Waals surface area (Å²) in [6.45, 7) is 22.8. The number of pyridine rings is 1. The Bertz CT molecular complexity index is 4890. The highest BCUT2D eigenvalue weighted by atomic mass is 35.5. The lowest BCUT2D eigenvalue weighted by atomic mass is 9.71. The van der Waals surface area contributed by atoms with Crippen LogP contribution in [0.2, 0.25) is 5.02 Å². The third-order valence-electron chi connectivity index (χ3n) is 22.8. The summed E-state index contributed by atoms with van der Waals surface area (Å²) in [6.07, 6.45) is 5.98. The number of hydrogen-bond donors (Lipinski definition) is 6. The maximum atomic E-state index is 14.4. The number of thiazole rings is 1. The van der Waals surface area contributed by atoms with Crippen molar-refractivity contribution in [1.82, 2.24) is 50.2 Å². The van der Waals surface area contributed by atoms with E-state index >= 15 is 0 Å². The van der Waals surface area contributed by atoms with Gasteiger partial charge in [-0.15, -0.1) is 23.1 Å². The van der Waals surface area contributed by atoms with Crippen LogP contribution < -0.4 is 35.8 Å². The minimum absolute atomic E-state index is 0.0123. The van der Waals surface area contributed by atoms with Crippen LogP contribution in [-0.4, -0.2) is 228 Å². The minimum atomic E-state index is -6.11. The number of nitrogens with one attached hydrogen (secondary N) is 5. The highest BCUT2D eigenvalue weighted by Gasteiger charge is 2.49. The lowest BCUT2D eigenvalue weighted by Gasteiger charge is -2.44. The molecule has 4 saturated heterocycles. The van der Waals surface area contributed by atoms with Gasteiger partial charge in [0.05, 0.1) is 57.6 Å². The van der Waals surface area contributed by atoms with Crippen molar-refractivity contribution in [3.8, 4) is 10.4 Å². The quantitative estimate of drug-likeness (QED) is 0.0169. The van der Waals surface area contributed by atoms with E-state index in [-0.39, 0.29) is 54.1 Å². The molecule has 118 heavy (non-hydrogen) atoms. The smallest absolute Gasteiger partial charge is 0.391 e. The number of unbranched alkanes of at least 4 members (excludes halogenated alkanes) is 2. The molecule has 7 aromatic rings. The summed E-state index contributed by atoms with van der Waals surface area (Å²) in [5.41, 5.74) is 2.85. The van der Waals surface area contributed by atoms with Crippen molar-refractivity contribution in [3.63, 3.8) is 0 Å². The Labute approximate surface area is 703 Å². The van der Waals surface area contributed by atoms with E-state index in [0.29, 0.717) is 101 Å². The van der Waals surface area contributed by atoms with Gasteiger partial charge in [-0.05, 0) is 164 Å². The van der Waals surface area contributed by atoms with Gasteiger partial charge in [0.15, 0.2) is 0 Å². The van der Waals surface area contributed by atoms with Gasteiger partial charge in [0.25, 0.3) is 31.7 Å². The van der Waals surface area contributed by atoms with Crippen LogP contribution >= 0.6 is 34.7 Å². The second kappa shape index (κ2) is 39.4. The largest absolute Gasteiger partial charge is 0.501 e. The zero-order valence-electron chi connectivity index (χ0n) is 67.6. The SMILES string of the molecule is Cc1ncsc1-c1ccc([C@H](C)NC(=O)[C@@H]2C[C@@H](O)CN2C(=O)C(NC(=O)CCCCCNC(=O)c2ccc(N3CCN(CC4(C)CCC(c5ccc(Cl)cc5)=C(CN5CCN(c6ccc(C(=O)NS(=O)(=O)c7ccc(NC(CCN8CCOCC8)CSc8ccccc8)c(S(=O)(=O)C(F)(F)F)c7)cc6)CC5)C4)CC3)nc2)C(C)(C)C)cc1. The van der Waals surface area contributed by atoms with Crippen LogP contribution in [0.25, 0.3) is 16.0 Å². The first-order valence-corrected chi connectivity index (χ1v) is 45.6. The van der Waals surface area contributed by atoms with Crippen molar-refractivity contribution in [3.05, 3.63) is 184 Å². The number of morpholine rings is 1. The van der Waals surface area contributed by atoms with Gasteiger partial charge in [-0.3, -0.25) is 38.7 Å². The number of aliphatic hydroxyl groups is 1. The van der Waals surface area contributed by atoms with Gasteiger partial charge < -0.3 is 45.8 Å². The lowest BCUT2D eigenvalue weighted by molar-refractivity contribution is -0.144. The molecule has 0 saturated carbocycles. The van der Waals surface area contributed by atoms with Crippen LogP contribution in [0.1, 0.15) is 136 Å². The third-order valence-corrected chi connectivity index (χ3v) is 28.1. The van der Waals surface area contributed by atoms with Crippen LogP contribution in [0.5, 0.6) is 0 Å². The third kappa shape index (κ3) is 23.1. The number of sulfone groups is 1. The first-order chi connectivity index (χ1) is 56.3. The van der Waals surface area contributed by atoms with Gasteiger partial charge in [0.2, 0.25) is 17.7 Å². The number of aryl methyl sites for hydroxylation is 1. The Hall–Kier alpha value is -8.50. The number of piperazine rings is 2. The second-order valence-electron chi connectivity index (χ2n) is 32.8. The van der Waals surface area contributed by atoms with E-state index in [2.05, 4.69) is 69.8 Å². The average molecular weight is 1720 g/mol. The minimum Gasteiger partial charge on any atom is -0.391 e. The Morgan fingerprint density at radius 2 is 1.43 bits per heavy atom. The molecule has 0 spiro atoms. The second-order valence-corrected chi connectivity index (χ2v) is 38.7. The fourth-order valence-electron chi connectivity index (χ4n) is 16.0. The number of thioether (sulfide) groups is 1. The summed E-state index contributed by atoms with van der Waals surface area (Å²) in [5, 5.41) is 23.4. The number of aromatic nitrogens is 2. The maximum Gasteiger partial charge on any atom is 0.501 e. The topological polar surface area (TPSA) is 288 Å². The van der Waals surface area contributed by atoms with E-state index in [4.69, 9.17) is 21.3 Å². The fourth-order valence-corrected chi connectivity index (χ4v) is 20.0. The van der Waals surface area contributed by atoms with Gasteiger partial charge in [0, 0.05) is 150 Å². The van der Waals surface area contributed by atoms with Crippen molar-refractivity contribution < 1.29 is 63.8 Å². The molecule has 6 heterocycles. The number of β-amino-alcohol motifs (C(OH)–C–C–N with tert-alkyl or cyclic N) is 1. The summed E-state index contributed by atoms with van der Waals surface area (Å²) >= 11 is 9.41. The summed E-state index contributed by atoms with van der Waals surface area (Å²) < 4.78 is 105. The number of carbonyl (C=O) groups is 5. The van der Waals surface area contributed by atoms with Crippen LogP contribution in [0.4, 0.5) is 30.4 Å². The number of halogens is 4. The first kappa shape index (κ1) is 88.8. The van der Waals surface area contributed by atoms with Crippen molar-refractivity contribution in [2.24, 2.45) is 10.8 Å². The zero-order valence-corrected chi connectivity index (χ0v) is 71.6. The van der Waals surface area contributed by atoms with Gasteiger partial charge in [0.1, 0.15) is 22.8 Å². The molecule has 1 aliphatic carbocycles. The molecule has 5 amide bonds. The van der Waals surface area contributed by atoms with Gasteiger partial charge in [-0.25, -0.2) is 31.5 Å². The molecule has 6 atom stereocenters. The lowest BCUT2D eigenvalue weighted by Crippen LogP contribution is -2.57. The molecule has 4 fully saturated rings. The monoisotopic (exact) mass is 1720 g/mol. The number of aliphatic hydroxyl groups excluding tert-OH is 1. The van der Waals surface area contributed by atoms with Gasteiger partial charge in [-0.1, -0.05) is 106 Å². The standard InChI is InChI=1S/C86H107ClF3N13O11S4/c1-58(60-16-18-62(19-17-60)78-59(2)93-57-116-78)94-82(108)74-49-69(104)54-103(74)83(109)79(84(3,4)5)96-77(105)15-11-8-12-35-91-80(106)64-24-31-76(92-52-64)102-43-39-100(40-44-102)56-85(6)34-32-72(61-20-25-66(87)26-21-61)65(51-85)53-99-37-41-101(42-38-99)68-27-22-63(23-28-68)81(107)97-118(112,113)71-29-30-73(75(50-71)117(110,111)86(88,89)90)95-67(33-36-98-45-47-114-48-46-98)55-115-70-13-9-7-10-14-70/h7,9-10,13-14,16-31,50,52,57-58,67,69,74,79,95,104H,8,11-12,15,32-49,51,53-56H2,1-6H3,(H,91,106)(H,94,108)(H,96,105)(H,97,107)/t58-,67?,69+,74-,79?,85?/m0/s1. The van der Waals surface area contributed by atoms with E-state index in [9.17, 15) is 59.1 Å². The predicted octanol–water partition coefficient (Wildman–Crippen LogP) is 12.1. The molecule has 0 radical (unpaired) electrons. The number of alkyl halides is 3. The molecule has 12 rings (SSSR count). The Morgan fingerprint density at radius 3 is 2.09 bits per heavy atom.